The quantitative estimate of drug-likeness (QED) is 0.468. The Kier molecular flexibility index (Phi) is 5.15. The van der Waals surface area contributed by atoms with Gasteiger partial charge in [0, 0.05) is 30.4 Å². The van der Waals surface area contributed by atoms with Gasteiger partial charge in [-0.25, -0.2) is 4.79 Å². The van der Waals surface area contributed by atoms with Gasteiger partial charge in [-0.3, -0.25) is 4.79 Å². The number of ether oxygens (including phenoxy) is 3. The van der Waals surface area contributed by atoms with E-state index >= 15 is 0 Å². The summed E-state index contributed by atoms with van der Waals surface area (Å²) in [5.74, 6) is 1.01. The number of esters is 1. The van der Waals surface area contributed by atoms with E-state index in [9.17, 15) is 14.7 Å². The monoisotopic (exact) mass is 482 g/mol. The molecule has 0 aromatic heterocycles. The molecule has 3 fully saturated rings. The molecule has 6 heteroatoms. The topological polar surface area (TPSA) is 82.1 Å². The average molecular weight is 483 g/mol. The van der Waals surface area contributed by atoms with Crippen molar-refractivity contribution in [3.63, 3.8) is 0 Å². The van der Waals surface area contributed by atoms with Crippen LogP contribution in [0, 0.1) is 34.5 Å². The summed E-state index contributed by atoms with van der Waals surface area (Å²) in [7, 11) is 1.73. The highest BCUT2D eigenvalue weighted by molar-refractivity contribution is 5.99. The molecule has 6 aliphatic rings. The molecule has 0 unspecified atom stereocenters. The van der Waals surface area contributed by atoms with E-state index in [0.717, 1.165) is 43.3 Å². The maximum atomic E-state index is 13.2. The Morgan fingerprint density at radius 1 is 1.11 bits per heavy atom. The molecule has 1 spiro atoms. The number of allylic oxidation sites excluding steroid dienone is 2. The molecular formula is C29H38O6. The van der Waals surface area contributed by atoms with E-state index < -0.39 is 17.1 Å². The molecule has 1 saturated heterocycles. The van der Waals surface area contributed by atoms with E-state index in [0.29, 0.717) is 23.8 Å². The van der Waals surface area contributed by atoms with Crippen molar-refractivity contribution in [3.05, 3.63) is 34.9 Å². The number of carbonyl (C=O) groups excluding carboxylic acids is 2. The normalized spacial score (nSPS) is 50.8. The predicted molar refractivity (Wildman–Crippen MR) is 129 cm³/mol. The molecule has 0 aromatic rings. The minimum atomic E-state index is -0.670. The van der Waals surface area contributed by atoms with Crippen LogP contribution in [0.4, 0.5) is 0 Å². The molecule has 0 aromatic carbocycles. The van der Waals surface area contributed by atoms with Crippen molar-refractivity contribution >= 4 is 11.8 Å². The highest BCUT2D eigenvalue weighted by atomic mass is 16.7. The van der Waals surface area contributed by atoms with Gasteiger partial charge in [0.25, 0.3) is 0 Å². The van der Waals surface area contributed by atoms with Crippen LogP contribution in [0.2, 0.25) is 0 Å². The van der Waals surface area contributed by atoms with Gasteiger partial charge in [-0.1, -0.05) is 11.6 Å². The minimum Gasteiger partial charge on any atom is -0.456 e. The first-order chi connectivity index (χ1) is 16.6. The van der Waals surface area contributed by atoms with E-state index in [2.05, 4.69) is 19.9 Å². The summed E-state index contributed by atoms with van der Waals surface area (Å²) in [6.45, 7) is 8.04. The van der Waals surface area contributed by atoms with Crippen LogP contribution in [0.1, 0.15) is 66.2 Å². The van der Waals surface area contributed by atoms with Gasteiger partial charge in [0.1, 0.15) is 11.7 Å². The molecule has 190 valence electrons. The lowest BCUT2D eigenvalue weighted by molar-refractivity contribution is -0.226. The summed E-state index contributed by atoms with van der Waals surface area (Å²) < 4.78 is 18.9. The van der Waals surface area contributed by atoms with Crippen molar-refractivity contribution in [1.29, 1.82) is 0 Å². The summed E-state index contributed by atoms with van der Waals surface area (Å²) >= 11 is 0. The number of hydrogen-bond donors (Lipinski definition) is 1. The molecular weight excluding hydrogens is 444 g/mol. The van der Waals surface area contributed by atoms with Gasteiger partial charge < -0.3 is 19.3 Å². The molecule has 2 aliphatic heterocycles. The lowest BCUT2D eigenvalue weighted by atomic mass is 9.46. The van der Waals surface area contributed by atoms with Gasteiger partial charge in [0.15, 0.2) is 12.1 Å². The Morgan fingerprint density at radius 3 is 2.60 bits per heavy atom. The minimum absolute atomic E-state index is 0.122. The molecule has 1 N–H and O–H groups in total. The zero-order valence-corrected chi connectivity index (χ0v) is 21.5. The van der Waals surface area contributed by atoms with Crippen LogP contribution < -0.4 is 0 Å². The van der Waals surface area contributed by atoms with Gasteiger partial charge >= 0.3 is 5.97 Å². The first-order valence-corrected chi connectivity index (χ1v) is 13.3. The number of fused-ring (bicyclic) bond motifs is 4. The third-order valence-corrected chi connectivity index (χ3v) is 11.3. The number of methoxy groups -OCH3 is 1. The SMILES string of the molecule is CO[C@@H]1O[C@@](C)([C@H]2CC(C)=C(C)C(=O)O2)[C@H]2CC[C@H]3[C@@H]4CC=C5[C@@H](O)C=CC(=O)[C@]5(C)[C@H]4CC[C@]123. The van der Waals surface area contributed by atoms with E-state index in [-0.39, 0.29) is 41.4 Å². The molecule has 10 atom stereocenters. The number of rotatable bonds is 2. The fourth-order valence-corrected chi connectivity index (χ4v) is 9.41. The number of carbonyl (C=O) groups is 2. The maximum Gasteiger partial charge on any atom is 0.334 e. The number of aliphatic hydroxyl groups excluding tert-OH is 1. The fraction of sp³-hybridized carbons (Fsp3) is 0.724. The Hall–Kier alpha value is -1.76. The molecule has 0 amide bonds. The van der Waals surface area contributed by atoms with Crippen LogP contribution in [0.3, 0.4) is 0 Å². The van der Waals surface area contributed by atoms with Gasteiger partial charge in [0.2, 0.25) is 0 Å². The molecule has 2 heterocycles. The first-order valence-electron chi connectivity index (χ1n) is 13.3. The molecule has 6 nitrogen and oxygen atoms in total. The summed E-state index contributed by atoms with van der Waals surface area (Å²) in [6.07, 6.45) is 9.47. The molecule has 6 rings (SSSR count). The van der Waals surface area contributed by atoms with Crippen molar-refractivity contribution in [1.82, 2.24) is 0 Å². The predicted octanol–water partition coefficient (Wildman–Crippen LogP) is 4.27. The van der Waals surface area contributed by atoms with Crippen LogP contribution in [0.5, 0.6) is 0 Å². The van der Waals surface area contributed by atoms with Crippen molar-refractivity contribution in [2.75, 3.05) is 7.11 Å². The Balaban J connectivity index is 1.38. The molecule has 4 aliphatic carbocycles. The molecule has 0 radical (unpaired) electrons. The van der Waals surface area contributed by atoms with Gasteiger partial charge in [-0.2, -0.15) is 0 Å². The molecule has 35 heavy (non-hydrogen) atoms. The summed E-state index contributed by atoms with van der Waals surface area (Å²) in [4.78, 5) is 25.9. The lowest BCUT2D eigenvalue weighted by Crippen LogP contribution is -2.56. The number of cyclic esters (lactones) is 1. The first kappa shape index (κ1) is 23.6. The average Bonchev–Trinajstić information content (AvgIpc) is 3.34. The van der Waals surface area contributed by atoms with Crippen molar-refractivity contribution in [2.24, 2.45) is 34.5 Å². The van der Waals surface area contributed by atoms with Crippen LogP contribution in [-0.4, -0.2) is 48.1 Å². The highest BCUT2D eigenvalue weighted by Crippen LogP contribution is 2.72. The van der Waals surface area contributed by atoms with E-state index in [1.165, 1.54) is 0 Å². The van der Waals surface area contributed by atoms with E-state index in [4.69, 9.17) is 14.2 Å². The Morgan fingerprint density at radius 2 is 1.89 bits per heavy atom. The van der Waals surface area contributed by atoms with Gasteiger partial charge in [-0.15, -0.1) is 0 Å². The van der Waals surface area contributed by atoms with Gasteiger partial charge in [-0.05, 0) is 95.3 Å². The van der Waals surface area contributed by atoms with Crippen LogP contribution in [0.15, 0.2) is 34.9 Å². The third kappa shape index (κ3) is 2.82. The smallest absolute Gasteiger partial charge is 0.334 e. The second-order valence-electron chi connectivity index (χ2n) is 12.3. The summed E-state index contributed by atoms with van der Waals surface area (Å²) in [5.41, 5.74) is 1.26. The second-order valence-corrected chi connectivity index (χ2v) is 12.3. The van der Waals surface area contributed by atoms with Crippen LogP contribution >= 0.6 is 0 Å². The summed E-state index contributed by atoms with van der Waals surface area (Å²) in [6, 6.07) is 0. The van der Waals surface area contributed by atoms with Crippen LogP contribution in [0.25, 0.3) is 0 Å². The number of ketones is 1. The number of aliphatic hydroxyl groups is 1. The molecule has 0 bridgehead atoms. The Bertz CT molecular complexity index is 1070. The zero-order chi connectivity index (χ0) is 24.9. The van der Waals surface area contributed by atoms with Crippen LogP contribution in [-0.2, 0) is 23.8 Å². The standard InChI is InChI=1S/C29H38O6/c1-15-14-24(34-25(32)16(15)2)28(4)22-10-8-19-17-6-7-20-21(30)9-11-23(31)27(20,3)18(17)12-13-29(19,22)26(33-5)35-28/h7,9,11,17-19,21-22,24,26,30H,6,8,10,12-14H2,1-5H3/t17-,18+,19+,21+,22-,24-,26-,27-,28-,29-/m1/s1. The van der Waals surface area contributed by atoms with E-state index in [1.807, 2.05) is 13.8 Å². The zero-order valence-electron chi connectivity index (χ0n) is 21.5. The maximum absolute atomic E-state index is 13.2. The van der Waals surface area contributed by atoms with Crippen molar-refractivity contribution < 1.29 is 28.9 Å². The number of hydrogen-bond acceptors (Lipinski definition) is 6. The largest absolute Gasteiger partial charge is 0.456 e. The Labute approximate surface area is 207 Å². The van der Waals surface area contributed by atoms with Crippen molar-refractivity contribution in [3.8, 4) is 0 Å². The third-order valence-electron chi connectivity index (χ3n) is 11.3. The van der Waals surface area contributed by atoms with Crippen molar-refractivity contribution in [2.45, 2.75) is 90.3 Å². The molecule has 2 saturated carbocycles. The lowest BCUT2D eigenvalue weighted by Gasteiger charge is -2.57. The highest BCUT2D eigenvalue weighted by Gasteiger charge is 2.73. The van der Waals surface area contributed by atoms with Gasteiger partial charge in [0.05, 0.1) is 11.5 Å². The fourth-order valence-electron chi connectivity index (χ4n) is 9.41. The second kappa shape index (κ2) is 7.62. The summed E-state index contributed by atoms with van der Waals surface area (Å²) in [5, 5.41) is 10.7. The van der Waals surface area contributed by atoms with E-state index in [1.54, 1.807) is 19.3 Å².